The molecule has 0 saturated heterocycles. The molecule has 2 aromatic carbocycles. The maximum Gasteiger partial charge on any atom is 0.269 e. The van der Waals surface area contributed by atoms with E-state index >= 15 is 0 Å². The van der Waals surface area contributed by atoms with Crippen LogP contribution in [0.5, 0.6) is 0 Å². The summed E-state index contributed by atoms with van der Waals surface area (Å²) < 4.78 is 2.11. The molecule has 0 atom stereocenters. The number of amides is 1. The third-order valence-corrected chi connectivity index (χ3v) is 4.64. The van der Waals surface area contributed by atoms with Crippen LogP contribution in [0.4, 0.5) is 0 Å². The first-order chi connectivity index (χ1) is 13.1. The fraction of sp³-hybridized carbons (Fsp3) is 0.190. The number of nitrogens with one attached hydrogen (secondary N) is 2. The predicted molar refractivity (Wildman–Crippen MR) is 106 cm³/mol. The number of imidazole rings is 1. The molecule has 0 aliphatic rings. The molecule has 1 amide bonds. The Balaban J connectivity index is 1.41. The Labute approximate surface area is 157 Å². The standard InChI is InChI=1S/C21H21N5O/c1-14-7-9-16(10-8-14)18-13-19(25-24-18)21(27)22-11-12-26-15(2)23-17-5-3-4-6-20(17)26/h3-10,13H,11-12H2,1-2H3,(H,22,27)(H,24,25). The first-order valence-electron chi connectivity index (χ1n) is 8.94. The Hall–Kier alpha value is -3.41. The molecule has 0 bridgehead atoms. The largest absolute Gasteiger partial charge is 0.349 e. The Morgan fingerprint density at radius 3 is 2.70 bits per heavy atom. The van der Waals surface area contributed by atoms with Gasteiger partial charge in [-0.3, -0.25) is 9.89 Å². The van der Waals surface area contributed by atoms with Gasteiger partial charge >= 0.3 is 0 Å². The van der Waals surface area contributed by atoms with Crippen molar-refractivity contribution in [2.24, 2.45) is 0 Å². The SMILES string of the molecule is Cc1ccc(-c2cc(C(=O)NCCn3c(C)nc4ccccc43)[nH]n2)cc1. The summed E-state index contributed by atoms with van der Waals surface area (Å²) in [6.07, 6.45) is 0. The number of hydrogen-bond acceptors (Lipinski definition) is 3. The minimum absolute atomic E-state index is 0.164. The summed E-state index contributed by atoms with van der Waals surface area (Å²) in [5, 5.41) is 10.0. The van der Waals surface area contributed by atoms with E-state index in [9.17, 15) is 4.79 Å². The van der Waals surface area contributed by atoms with Crippen molar-refractivity contribution in [1.82, 2.24) is 25.1 Å². The fourth-order valence-electron chi connectivity index (χ4n) is 3.16. The summed E-state index contributed by atoms with van der Waals surface area (Å²) in [5.74, 6) is 0.775. The molecule has 0 spiro atoms. The fourth-order valence-corrected chi connectivity index (χ4v) is 3.16. The predicted octanol–water partition coefficient (Wildman–Crippen LogP) is 3.47. The van der Waals surface area contributed by atoms with Crippen LogP contribution in [-0.4, -0.2) is 32.2 Å². The highest BCUT2D eigenvalue weighted by Gasteiger charge is 2.11. The number of aryl methyl sites for hydroxylation is 2. The van der Waals surface area contributed by atoms with Crippen LogP contribution in [0.2, 0.25) is 0 Å². The molecule has 136 valence electrons. The van der Waals surface area contributed by atoms with E-state index in [4.69, 9.17) is 0 Å². The van der Waals surface area contributed by atoms with Crippen LogP contribution in [-0.2, 0) is 6.54 Å². The number of fused-ring (bicyclic) bond motifs is 1. The van der Waals surface area contributed by atoms with Crippen molar-refractivity contribution < 1.29 is 4.79 Å². The van der Waals surface area contributed by atoms with Gasteiger partial charge in [0.05, 0.1) is 16.7 Å². The normalized spacial score (nSPS) is 11.0. The van der Waals surface area contributed by atoms with Crippen molar-refractivity contribution in [3.05, 3.63) is 71.7 Å². The van der Waals surface area contributed by atoms with Gasteiger partial charge in [0.25, 0.3) is 5.91 Å². The van der Waals surface area contributed by atoms with E-state index < -0.39 is 0 Å². The summed E-state index contributed by atoms with van der Waals surface area (Å²) >= 11 is 0. The molecule has 0 aliphatic carbocycles. The molecule has 4 rings (SSSR count). The Bertz CT molecular complexity index is 1090. The first kappa shape index (κ1) is 17.0. The van der Waals surface area contributed by atoms with Crippen molar-refractivity contribution in [3.8, 4) is 11.3 Å². The van der Waals surface area contributed by atoms with E-state index in [2.05, 4.69) is 25.1 Å². The van der Waals surface area contributed by atoms with Crippen LogP contribution < -0.4 is 5.32 Å². The molecule has 27 heavy (non-hydrogen) atoms. The second-order valence-electron chi connectivity index (χ2n) is 6.59. The zero-order valence-electron chi connectivity index (χ0n) is 15.4. The van der Waals surface area contributed by atoms with E-state index in [1.807, 2.05) is 62.4 Å². The van der Waals surface area contributed by atoms with Gasteiger partial charge in [0.2, 0.25) is 0 Å². The number of aromatic amines is 1. The number of carbonyl (C=O) groups excluding carboxylic acids is 1. The molecule has 2 heterocycles. The summed E-state index contributed by atoms with van der Waals surface area (Å²) in [5.41, 5.74) is 5.44. The maximum absolute atomic E-state index is 12.4. The van der Waals surface area contributed by atoms with Crippen LogP contribution in [0.3, 0.4) is 0 Å². The van der Waals surface area contributed by atoms with Crippen LogP contribution in [0.25, 0.3) is 22.3 Å². The first-order valence-corrected chi connectivity index (χ1v) is 8.94. The Kier molecular flexibility index (Phi) is 4.46. The van der Waals surface area contributed by atoms with Gasteiger partial charge in [-0.25, -0.2) is 4.98 Å². The highest BCUT2D eigenvalue weighted by Crippen LogP contribution is 2.18. The van der Waals surface area contributed by atoms with Gasteiger partial charge in [0.15, 0.2) is 0 Å². The average molecular weight is 359 g/mol. The van der Waals surface area contributed by atoms with Gasteiger partial charge in [0.1, 0.15) is 11.5 Å². The molecule has 0 unspecified atom stereocenters. The number of hydrogen-bond donors (Lipinski definition) is 2. The zero-order valence-corrected chi connectivity index (χ0v) is 15.4. The molecule has 6 heteroatoms. The van der Waals surface area contributed by atoms with Gasteiger partial charge in [-0.05, 0) is 32.0 Å². The van der Waals surface area contributed by atoms with Gasteiger partial charge in [0, 0.05) is 18.7 Å². The molecule has 0 aliphatic heterocycles. The molecule has 6 nitrogen and oxygen atoms in total. The molecule has 2 aromatic heterocycles. The average Bonchev–Trinajstić information content (AvgIpc) is 3.27. The smallest absolute Gasteiger partial charge is 0.269 e. The molecule has 0 saturated carbocycles. The van der Waals surface area contributed by atoms with E-state index in [-0.39, 0.29) is 5.91 Å². The maximum atomic E-state index is 12.4. The van der Waals surface area contributed by atoms with Gasteiger partial charge in [-0.1, -0.05) is 42.0 Å². The Morgan fingerprint density at radius 1 is 1.11 bits per heavy atom. The quantitative estimate of drug-likeness (QED) is 0.573. The van der Waals surface area contributed by atoms with Crippen molar-refractivity contribution in [2.75, 3.05) is 6.54 Å². The minimum atomic E-state index is -0.164. The number of benzene rings is 2. The van der Waals surface area contributed by atoms with E-state index in [0.717, 1.165) is 28.1 Å². The van der Waals surface area contributed by atoms with Gasteiger partial charge in [-0.2, -0.15) is 5.10 Å². The van der Waals surface area contributed by atoms with Crippen LogP contribution in [0, 0.1) is 13.8 Å². The highest BCUT2D eigenvalue weighted by atomic mass is 16.1. The molecular formula is C21H21N5O. The van der Waals surface area contributed by atoms with E-state index in [0.29, 0.717) is 18.8 Å². The van der Waals surface area contributed by atoms with Crippen molar-refractivity contribution in [2.45, 2.75) is 20.4 Å². The number of nitrogens with zero attached hydrogens (tertiary/aromatic N) is 3. The van der Waals surface area contributed by atoms with Gasteiger partial charge < -0.3 is 9.88 Å². The summed E-state index contributed by atoms with van der Waals surface area (Å²) in [7, 11) is 0. The van der Waals surface area contributed by atoms with E-state index in [1.54, 1.807) is 6.07 Å². The highest BCUT2D eigenvalue weighted by molar-refractivity contribution is 5.93. The molecule has 4 aromatic rings. The van der Waals surface area contributed by atoms with Crippen molar-refractivity contribution >= 4 is 16.9 Å². The molecule has 0 radical (unpaired) electrons. The summed E-state index contributed by atoms with van der Waals surface area (Å²) in [4.78, 5) is 17.0. The molecule has 2 N–H and O–H groups in total. The number of rotatable bonds is 5. The number of carbonyl (C=O) groups is 1. The summed E-state index contributed by atoms with van der Waals surface area (Å²) in [6.45, 7) is 5.19. The lowest BCUT2D eigenvalue weighted by atomic mass is 10.1. The number of aromatic nitrogens is 4. The van der Waals surface area contributed by atoms with E-state index in [1.165, 1.54) is 5.56 Å². The van der Waals surface area contributed by atoms with Crippen molar-refractivity contribution in [3.63, 3.8) is 0 Å². The Morgan fingerprint density at radius 2 is 1.89 bits per heavy atom. The molecule has 0 fully saturated rings. The zero-order chi connectivity index (χ0) is 18.8. The second kappa shape index (κ2) is 7.07. The lowest BCUT2D eigenvalue weighted by Crippen LogP contribution is -2.27. The topological polar surface area (TPSA) is 75.6 Å². The number of H-pyrrole nitrogens is 1. The third-order valence-electron chi connectivity index (χ3n) is 4.64. The monoisotopic (exact) mass is 359 g/mol. The lowest BCUT2D eigenvalue weighted by molar-refractivity contribution is 0.0947. The lowest BCUT2D eigenvalue weighted by Gasteiger charge is -2.07. The van der Waals surface area contributed by atoms with Crippen LogP contribution in [0.15, 0.2) is 54.6 Å². The summed E-state index contributed by atoms with van der Waals surface area (Å²) in [6, 6.07) is 17.8. The van der Waals surface area contributed by atoms with Gasteiger partial charge in [-0.15, -0.1) is 0 Å². The van der Waals surface area contributed by atoms with Crippen LogP contribution >= 0.6 is 0 Å². The number of para-hydroxylation sites is 2. The second-order valence-corrected chi connectivity index (χ2v) is 6.59. The van der Waals surface area contributed by atoms with Crippen molar-refractivity contribution in [1.29, 1.82) is 0 Å². The molecular weight excluding hydrogens is 338 g/mol. The minimum Gasteiger partial charge on any atom is -0.349 e. The van der Waals surface area contributed by atoms with Crippen LogP contribution in [0.1, 0.15) is 21.9 Å². The third kappa shape index (κ3) is 3.46.